The Bertz CT molecular complexity index is 2090. The summed E-state index contributed by atoms with van der Waals surface area (Å²) >= 11 is 0. The van der Waals surface area contributed by atoms with Crippen molar-refractivity contribution in [2.45, 2.75) is 24.2 Å². The molecule has 0 bridgehead atoms. The number of phenolic OH excluding ortho intramolecular Hbond substituents is 1. The smallest absolute Gasteiger partial charge is 0.488 e. The van der Waals surface area contributed by atoms with Crippen LogP contribution in [-0.2, 0) is 24.6 Å². The van der Waals surface area contributed by atoms with E-state index in [1.165, 1.54) is 18.2 Å². The van der Waals surface area contributed by atoms with Crippen LogP contribution in [0, 0.1) is 23.7 Å². The summed E-state index contributed by atoms with van der Waals surface area (Å²) in [5, 5.41) is 30.3. The lowest BCUT2D eigenvalue weighted by Gasteiger charge is -2.55. The number of anilines is 1. The van der Waals surface area contributed by atoms with Crippen LogP contribution in [0.3, 0.4) is 0 Å². The van der Waals surface area contributed by atoms with Gasteiger partial charge in [0, 0.05) is 17.4 Å². The van der Waals surface area contributed by atoms with Gasteiger partial charge in [-0.1, -0.05) is 96.6 Å². The molecule has 1 saturated heterocycles. The van der Waals surface area contributed by atoms with Gasteiger partial charge in [0.2, 0.25) is 11.8 Å². The van der Waals surface area contributed by atoms with Crippen LogP contribution in [0.4, 0.5) is 5.69 Å². The first kappa shape index (κ1) is 30.9. The van der Waals surface area contributed by atoms with Gasteiger partial charge in [0.05, 0.1) is 22.9 Å². The van der Waals surface area contributed by atoms with E-state index in [0.717, 1.165) is 10.5 Å². The van der Waals surface area contributed by atoms with E-state index in [1.54, 1.807) is 42.5 Å². The van der Waals surface area contributed by atoms with Gasteiger partial charge in [0.15, 0.2) is 11.6 Å². The molecule has 6 atom stereocenters. The summed E-state index contributed by atoms with van der Waals surface area (Å²) in [6.07, 6.45) is 3.85. The lowest BCUT2D eigenvalue weighted by atomic mass is 9.44. The van der Waals surface area contributed by atoms with Gasteiger partial charge in [0.1, 0.15) is 5.75 Å². The Morgan fingerprint density at radius 1 is 0.755 bits per heavy atom. The molecule has 8 rings (SSSR count). The Kier molecular flexibility index (Phi) is 7.35. The highest BCUT2D eigenvalue weighted by molar-refractivity contribution is 6.58. The van der Waals surface area contributed by atoms with Gasteiger partial charge in [-0.15, -0.1) is 0 Å². The molecule has 4 aromatic rings. The van der Waals surface area contributed by atoms with E-state index >= 15 is 4.79 Å². The minimum Gasteiger partial charge on any atom is -0.508 e. The van der Waals surface area contributed by atoms with Crippen molar-refractivity contribution in [2.24, 2.45) is 23.7 Å². The Labute approximate surface area is 283 Å². The third-order valence-electron chi connectivity index (χ3n) is 11.0. The number of fused-ring (bicyclic) bond motifs is 4. The minimum absolute atomic E-state index is 0.00743. The molecule has 1 saturated carbocycles. The molecule has 9 heteroatoms. The molecule has 4 aliphatic rings. The van der Waals surface area contributed by atoms with Crippen LogP contribution in [0.5, 0.6) is 5.75 Å². The summed E-state index contributed by atoms with van der Waals surface area (Å²) < 4.78 is 0. The minimum atomic E-state index is -1.78. The molecule has 3 N–H and O–H groups in total. The SMILES string of the molecule is O=C1C(c2ccccc2)=CC(=O)C2(c3ccccc3)C1CC1C(=CCC3C(=O)N(c4cccc(B(O)O)c4)C(=O)C31)C2c1cccc(O)c1. The number of rotatable bonds is 5. The van der Waals surface area contributed by atoms with Gasteiger partial charge in [0.25, 0.3) is 0 Å². The summed E-state index contributed by atoms with van der Waals surface area (Å²) in [4.78, 5) is 59.5. The highest BCUT2D eigenvalue weighted by Crippen LogP contribution is 2.63. The molecule has 0 radical (unpaired) electrons. The second-order valence-corrected chi connectivity index (χ2v) is 13.4. The number of carbonyl (C=O) groups excluding carboxylic acids is 4. The molecule has 1 heterocycles. The molecule has 1 aliphatic heterocycles. The topological polar surface area (TPSA) is 132 Å². The molecular formula is C40H32BNO7. The maximum Gasteiger partial charge on any atom is 0.488 e. The summed E-state index contributed by atoms with van der Waals surface area (Å²) in [7, 11) is -1.78. The third-order valence-corrected chi connectivity index (χ3v) is 11.0. The van der Waals surface area contributed by atoms with Crippen molar-refractivity contribution in [3.63, 3.8) is 0 Å². The first-order valence-corrected chi connectivity index (χ1v) is 16.5. The molecule has 2 amide bonds. The number of hydrogen-bond donors (Lipinski definition) is 3. The van der Waals surface area contributed by atoms with E-state index in [0.29, 0.717) is 22.3 Å². The van der Waals surface area contributed by atoms with Gasteiger partial charge < -0.3 is 15.2 Å². The highest BCUT2D eigenvalue weighted by atomic mass is 16.4. The summed E-state index contributed by atoms with van der Waals surface area (Å²) in [5.74, 6) is -4.92. The van der Waals surface area contributed by atoms with E-state index < -0.39 is 48.0 Å². The van der Waals surface area contributed by atoms with E-state index in [1.807, 2.05) is 60.7 Å². The highest BCUT2D eigenvalue weighted by Gasteiger charge is 2.66. The normalized spacial score (nSPS) is 27.6. The van der Waals surface area contributed by atoms with Crippen LogP contribution < -0.4 is 10.4 Å². The van der Waals surface area contributed by atoms with Gasteiger partial charge in [-0.2, -0.15) is 0 Å². The molecule has 8 nitrogen and oxygen atoms in total. The van der Waals surface area contributed by atoms with Crippen molar-refractivity contribution in [2.75, 3.05) is 4.90 Å². The number of allylic oxidation sites excluding steroid dienone is 4. The van der Waals surface area contributed by atoms with E-state index in [2.05, 4.69) is 0 Å². The Balaban J connectivity index is 1.33. The number of Topliss-reactive ketones (excluding diaryl/α,β-unsaturated/α-hetero) is 1. The summed E-state index contributed by atoms with van der Waals surface area (Å²) in [6, 6.07) is 31.2. The Morgan fingerprint density at radius 3 is 2.18 bits per heavy atom. The number of ketones is 2. The number of imide groups is 1. The molecule has 0 spiro atoms. The van der Waals surface area contributed by atoms with Crippen molar-refractivity contribution in [3.05, 3.63) is 144 Å². The number of benzene rings is 4. The average Bonchev–Trinajstić information content (AvgIpc) is 3.38. The summed E-state index contributed by atoms with van der Waals surface area (Å²) in [5.41, 5.74) is 2.06. The molecule has 6 unspecified atom stereocenters. The number of nitrogens with zero attached hydrogens (tertiary/aromatic N) is 1. The number of aromatic hydroxyl groups is 1. The lowest BCUT2D eigenvalue weighted by molar-refractivity contribution is -0.135. The average molecular weight is 650 g/mol. The van der Waals surface area contributed by atoms with Crippen LogP contribution in [0.1, 0.15) is 35.4 Å². The first-order chi connectivity index (χ1) is 23.7. The fourth-order valence-electron chi connectivity index (χ4n) is 9.03. The van der Waals surface area contributed by atoms with Gasteiger partial charge in [-0.05, 0) is 71.3 Å². The van der Waals surface area contributed by atoms with Crippen molar-refractivity contribution in [1.29, 1.82) is 0 Å². The monoisotopic (exact) mass is 649 g/mol. The fraction of sp³-hybridized carbons (Fsp3) is 0.200. The number of hydrogen-bond acceptors (Lipinski definition) is 7. The van der Waals surface area contributed by atoms with Crippen LogP contribution in [-0.4, -0.2) is 45.7 Å². The van der Waals surface area contributed by atoms with Gasteiger partial charge >= 0.3 is 7.12 Å². The predicted octanol–water partition coefficient (Wildman–Crippen LogP) is 4.10. The van der Waals surface area contributed by atoms with E-state index in [9.17, 15) is 29.5 Å². The predicted molar refractivity (Wildman–Crippen MR) is 183 cm³/mol. The quantitative estimate of drug-likeness (QED) is 0.169. The zero-order chi connectivity index (χ0) is 34.0. The molecule has 49 heavy (non-hydrogen) atoms. The number of amides is 2. The molecule has 4 aromatic carbocycles. The standard InChI is InChI=1S/C40H32BNO7/c43-28-16-7-11-24(19-28)36-29-17-18-30-35(39(47)42(38(30)46)27-15-8-14-26(20-27)41(48)49)32(29)21-33-37(45)31(23-9-3-1-4-10-23)22-34(44)40(33,36)25-12-5-2-6-13-25/h1-17,19-20,22,30,32-33,35-36,43,48-49H,18,21H2. The van der Waals surface area contributed by atoms with Gasteiger partial charge in [-0.3, -0.25) is 24.1 Å². The first-order valence-electron chi connectivity index (χ1n) is 16.5. The lowest BCUT2D eigenvalue weighted by Crippen LogP contribution is -2.58. The second-order valence-electron chi connectivity index (χ2n) is 13.4. The number of carbonyl (C=O) groups is 4. The van der Waals surface area contributed by atoms with Crippen molar-refractivity contribution in [1.82, 2.24) is 0 Å². The van der Waals surface area contributed by atoms with E-state index in [4.69, 9.17) is 0 Å². The third kappa shape index (κ3) is 4.60. The van der Waals surface area contributed by atoms with Crippen molar-refractivity contribution < 1.29 is 34.3 Å². The molecule has 0 aromatic heterocycles. The maximum absolute atomic E-state index is 15.0. The molecule has 3 aliphatic carbocycles. The second kappa shape index (κ2) is 11.6. The van der Waals surface area contributed by atoms with Crippen molar-refractivity contribution >= 4 is 47.2 Å². The van der Waals surface area contributed by atoms with Crippen LogP contribution >= 0.6 is 0 Å². The van der Waals surface area contributed by atoms with Crippen LogP contribution in [0.2, 0.25) is 0 Å². The number of phenols is 1. The largest absolute Gasteiger partial charge is 0.508 e. The maximum atomic E-state index is 15.0. The van der Waals surface area contributed by atoms with Gasteiger partial charge in [-0.25, -0.2) is 0 Å². The Hall–Kier alpha value is -5.38. The van der Waals surface area contributed by atoms with Crippen LogP contribution in [0.25, 0.3) is 5.57 Å². The molecule has 242 valence electrons. The zero-order valence-corrected chi connectivity index (χ0v) is 26.3. The fourth-order valence-corrected chi connectivity index (χ4v) is 9.03. The Morgan fingerprint density at radius 2 is 1.47 bits per heavy atom. The zero-order valence-electron chi connectivity index (χ0n) is 26.3. The van der Waals surface area contributed by atoms with Crippen LogP contribution in [0.15, 0.2) is 127 Å². The summed E-state index contributed by atoms with van der Waals surface area (Å²) in [6.45, 7) is 0. The molecular weight excluding hydrogens is 617 g/mol. The van der Waals surface area contributed by atoms with Crippen molar-refractivity contribution in [3.8, 4) is 5.75 Å². The molecule has 2 fully saturated rings. The van der Waals surface area contributed by atoms with E-state index in [-0.39, 0.29) is 47.2 Å².